The van der Waals surface area contributed by atoms with Crippen LogP contribution in [0.2, 0.25) is 0 Å². The summed E-state index contributed by atoms with van der Waals surface area (Å²) in [5.41, 5.74) is 4.37. The molecule has 1 aliphatic heterocycles. The second kappa shape index (κ2) is 7.61. The zero-order valence-electron chi connectivity index (χ0n) is 13.2. The lowest BCUT2D eigenvalue weighted by molar-refractivity contribution is 0.282. The monoisotopic (exact) mass is 272 g/mol. The molecule has 2 rings (SSSR count). The molecule has 0 aromatic heterocycles. The molecular weight excluding hydrogens is 244 g/mol. The molecule has 20 heavy (non-hydrogen) atoms. The highest BCUT2D eigenvalue weighted by atomic mass is 15.1. The summed E-state index contributed by atoms with van der Waals surface area (Å²) < 4.78 is 0. The van der Waals surface area contributed by atoms with Crippen LogP contribution in [0.3, 0.4) is 0 Å². The van der Waals surface area contributed by atoms with E-state index in [2.05, 4.69) is 61.3 Å². The predicted octanol–water partition coefficient (Wildman–Crippen LogP) is 3.38. The van der Waals surface area contributed by atoms with Gasteiger partial charge < -0.3 is 5.32 Å². The third kappa shape index (κ3) is 5.10. The Kier molecular flexibility index (Phi) is 5.81. The van der Waals surface area contributed by atoms with E-state index in [9.17, 15) is 0 Å². The third-order valence-electron chi connectivity index (χ3n) is 3.81. The van der Waals surface area contributed by atoms with E-state index in [1.54, 1.807) is 0 Å². The van der Waals surface area contributed by atoms with Gasteiger partial charge in [0.15, 0.2) is 0 Å². The Labute approximate surface area is 123 Å². The summed E-state index contributed by atoms with van der Waals surface area (Å²) in [6.07, 6.45) is 4.68. The molecular formula is C18H28N2. The van der Waals surface area contributed by atoms with Crippen LogP contribution >= 0.6 is 0 Å². The van der Waals surface area contributed by atoms with Gasteiger partial charge in [-0.25, -0.2) is 0 Å². The van der Waals surface area contributed by atoms with Crippen LogP contribution in [0.4, 0.5) is 0 Å². The fourth-order valence-corrected chi connectivity index (χ4v) is 2.70. The van der Waals surface area contributed by atoms with Crippen molar-refractivity contribution >= 4 is 0 Å². The molecule has 1 aliphatic rings. The fraction of sp³-hybridized carbons (Fsp3) is 0.556. The van der Waals surface area contributed by atoms with Crippen molar-refractivity contribution in [3.8, 4) is 0 Å². The molecule has 2 heteroatoms. The molecule has 0 unspecified atom stereocenters. The van der Waals surface area contributed by atoms with Crippen LogP contribution in [0.15, 0.2) is 35.9 Å². The number of hydrogen-bond donors (Lipinski definition) is 1. The number of hydrogen-bond acceptors (Lipinski definition) is 2. The zero-order chi connectivity index (χ0) is 14.4. The lowest BCUT2D eigenvalue weighted by atomic mass is 10.1. The molecule has 0 spiro atoms. The van der Waals surface area contributed by atoms with Crippen molar-refractivity contribution in [2.45, 2.75) is 46.2 Å². The molecule has 2 nitrogen and oxygen atoms in total. The first-order valence-corrected chi connectivity index (χ1v) is 7.82. The van der Waals surface area contributed by atoms with Gasteiger partial charge in [0.1, 0.15) is 0 Å². The predicted molar refractivity (Wildman–Crippen MR) is 86.9 cm³/mol. The quantitative estimate of drug-likeness (QED) is 0.799. The van der Waals surface area contributed by atoms with Gasteiger partial charge in [-0.1, -0.05) is 49.8 Å². The Balaban J connectivity index is 1.80. The van der Waals surface area contributed by atoms with Crippen LogP contribution in [0.1, 0.15) is 38.3 Å². The van der Waals surface area contributed by atoms with Crippen LogP contribution in [0, 0.1) is 0 Å². The van der Waals surface area contributed by atoms with Crippen molar-refractivity contribution in [3.63, 3.8) is 0 Å². The van der Waals surface area contributed by atoms with E-state index in [0.29, 0.717) is 6.04 Å². The molecule has 0 radical (unpaired) electrons. The van der Waals surface area contributed by atoms with Crippen LogP contribution in [0.25, 0.3) is 0 Å². The molecule has 0 atom stereocenters. The van der Waals surface area contributed by atoms with Crippen molar-refractivity contribution in [1.82, 2.24) is 10.2 Å². The topological polar surface area (TPSA) is 15.3 Å². The molecule has 110 valence electrons. The molecule has 0 saturated carbocycles. The third-order valence-corrected chi connectivity index (χ3v) is 3.81. The van der Waals surface area contributed by atoms with Crippen LogP contribution in [0.5, 0.6) is 0 Å². The van der Waals surface area contributed by atoms with Gasteiger partial charge in [-0.15, -0.1) is 0 Å². The van der Waals surface area contributed by atoms with Gasteiger partial charge in [-0.3, -0.25) is 4.90 Å². The summed E-state index contributed by atoms with van der Waals surface area (Å²) in [6, 6.07) is 9.72. The van der Waals surface area contributed by atoms with E-state index >= 15 is 0 Å². The van der Waals surface area contributed by atoms with E-state index in [1.807, 2.05) is 0 Å². The average molecular weight is 272 g/mol. The van der Waals surface area contributed by atoms with Crippen molar-refractivity contribution in [2.75, 3.05) is 19.6 Å². The Morgan fingerprint density at radius 1 is 1.15 bits per heavy atom. The maximum absolute atomic E-state index is 3.46. The number of nitrogens with one attached hydrogen (secondary N) is 1. The molecule has 1 aromatic rings. The Bertz CT molecular complexity index is 431. The molecule has 0 bridgehead atoms. The second-order valence-electron chi connectivity index (χ2n) is 6.23. The Morgan fingerprint density at radius 2 is 1.85 bits per heavy atom. The van der Waals surface area contributed by atoms with Crippen molar-refractivity contribution < 1.29 is 0 Å². The molecule has 1 heterocycles. The van der Waals surface area contributed by atoms with Crippen LogP contribution in [-0.4, -0.2) is 30.6 Å². The van der Waals surface area contributed by atoms with E-state index in [-0.39, 0.29) is 0 Å². The molecule has 1 N–H and O–H groups in total. The van der Waals surface area contributed by atoms with Crippen molar-refractivity contribution in [2.24, 2.45) is 0 Å². The fourth-order valence-electron chi connectivity index (χ4n) is 2.70. The van der Waals surface area contributed by atoms with Crippen molar-refractivity contribution in [3.05, 3.63) is 47.0 Å². The average Bonchev–Trinajstić information content (AvgIpc) is 2.40. The van der Waals surface area contributed by atoms with Crippen LogP contribution in [-0.2, 0) is 13.0 Å². The highest BCUT2D eigenvalue weighted by molar-refractivity contribution is 5.23. The number of benzene rings is 1. The minimum atomic E-state index is 0.574. The van der Waals surface area contributed by atoms with E-state index in [0.717, 1.165) is 26.1 Å². The maximum Gasteiger partial charge on any atom is 0.0237 e. The summed E-state index contributed by atoms with van der Waals surface area (Å²) in [4.78, 5) is 2.53. The van der Waals surface area contributed by atoms with Gasteiger partial charge in [0.2, 0.25) is 0 Å². The highest BCUT2D eigenvalue weighted by Crippen LogP contribution is 2.13. The molecule has 0 fully saturated rings. The van der Waals surface area contributed by atoms with Gasteiger partial charge in [0.05, 0.1) is 0 Å². The smallest absolute Gasteiger partial charge is 0.0237 e. The largest absolute Gasteiger partial charge is 0.314 e. The highest BCUT2D eigenvalue weighted by Gasteiger charge is 2.10. The first kappa shape index (κ1) is 15.3. The summed E-state index contributed by atoms with van der Waals surface area (Å²) in [6.45, 7) is 11.1. The van der Waals surface area contributed by atoms with Crippen LogP contribution < -0.4 is 5.32 Å². The van der Waals surface area contributed by atoms with Gasteiger partial charge in [-0.05, 0) is 37.4 Å². The Morgan fingerprint density at radius 3 is 2.50 bits per heavy atom. The first-order chi connectivity index (χ1) is 9.63. The lowest BCUT2D eigenvalue weighted by Gasteiger charge is -2.26. The minimum absolute atomic E-state index is 0.574. The normalized spacial score (nSPS) is 16.5. The van der Waals surface area contributed by atoms with Gasteiger partial charge >= 0.3 is 0 Å². The zero-order valence-corrected chi connectivity index (χ0v) is 13.2. The Hall–Kier alpha value is -1.12. The van der Waals surface area contributed by atoms with Gasteiger partial charge in [-0.2, -0.15) is 0 Å². The van der Waals surface area contributed by atoms with Crippen molar-refractivity contribution in [1.29, 1.82) is 0 Å². The molecule has 0 amide bonds. The molecule has 1 aromatic carbocycles. The standard InChI is InChI=1S/C18H28N2/c1-15(2)19-11-10-17-6-8-18(9-7-17)14-20-12-4-5-16(3)13-20/h5-9,15,19H,4,10-14H2,1-3H3. The molecule has 0 aliphatic carbocycles. The van der Waals surface area contributed by atoms with E-state index in [4.69, 9.17) is 0 Å². The van der Waals surface area contributed by atoms with E-state index < -0.39 is 0 Å². The second-order valence-corrected chi connectivity index (χ2v) is 6.23. The number of nitrogens with zero attached hydrogens (tertiary/aromatic N) is 1. The van der Waals surface area contributed by atoms with Gasteiger partial charge in [0, 0.05) is 25.7 Å². The summed E-state index contributed by atoms with van der Waals surface area (Å²) in [5, 5.41) is 3.46. The molecule has 0 saturated heterocycles. The summed E-state index contributed by atoms with van der Waals surface area (Å²) in [5.74, 6) is 0. The van der Waals surface area contributed by atoms with E-state index in [1.165, 1.54) is 29.7 Å². The SMILES string of the molecule is CC1=CCCN(Cc2ccc(CCNC(C)C)cc2)C1. The first-order valence-electron chi connectivity index (χ1n) is 7.82. The van der Waals surface area contributed by atoms with Gasteiger partial charge in [0.25, 0.3) is 0 Å². The summed E-state index contributed by atoms with van der Waals surface area (Å²) in [7, 11) is 0. The number of rotatable bonds is 6. The lowest BCUT2D eigenvalue weighted by Crippen LogP contribution is -2.28. The maximum atomic E-state index is 3.46. The minimum Gasteiger partial charge on any atom is -0.314 e. The summed E-state index contributed by atoms with van der Waals surface area (Å²) >= 11 is 0.